The van der Waals surface area contributed by atoms with Crippen molar-refractivity contribution < 1.29 is 19.8 Å². The zero-order valence-corrected chi connectivity index (χ0v) is 8.48. The van der Waals surface area contributed by atoms with Gasteiger partial charge in [0.1, 0.15) is 5.60 Å². The number of oxime groups is 1. The highest BCUT2D eigenvalue weighted by Gasteiger charge is 2.43. The van der Waals surface area contributed by atoms with E-state index in [2.05, 4.69) is 5.16 Å². The molecule has 0 unspecified atom stereocenters. The molecule has 0 saturated heterocycles. The zero-order valence-electron chi connectivity index (χ0n) is 8.48. The van der Waals surface area contributed by atoms with Gasteiger partial charge in [-0.3, -0.25) is 0 Å². The second kappa shape index (κ2) is 3.81. The number of hydrogen-bond acceptors (Lipinski definition) is 4. The van der Waals surface area contributed by atoms with Crippen molar-refractivity contribution in [2.45, 2.75) is 37.7 Å². The lowest BCUT2D eigenvalue weighted by atomic mass is 9.77. The predicted molar refractivity (Wildman–Crippen MR) is 52.5 cm³/mol. The summed E-state index contributed by atoms with van der Waals surface area (Å²) in [4.78, 5) is 16.0. The summed E-state index contributed by atoms with van der Waals surface area (Å²) in [5.74, 6) is -0.649. The van der Waals surface area contributed by atoms with Crippen LogP contribution >= 0.6 is 0 Å². The number of carboxylic acids is 1. The number of carbonyl (C=O) groups is 1. The summed E-state index contributed by atoms with van der Waals surface area (Å²) in [6.07, 6.45) is 3.76. The lowest BCUT2D eigenvalue weighted by molar-refractivity contribution is -0.129. The molecule has 0 aromatic rings. The van der Waals surface area contributed by atoms with E-state index in [1.165, 1.54) is 0 Å². The number of rotatable bonds is 2. The van der Waals surface area contributed by atoms with Crippen LogP contribution in [-0.2, 0) is 9.63 Å². The Morgan fingerprint density at radius 3 is 2.67 bits per heavy atom. The van der Waals surface area contributed by atoms with Crippen LogP contribution in [0, 0.1) is 5.92 Å². The first-order valence-electron chi connectivity index (χ1n) is 5.24. The minimum absolute atomic E-state index is 0.123. The smallest absolute Gasteiger partial charge is 0.353 e. The van der Waals surface area contributed by atoms with Crippen LogP contribution in [0.3, 0.4) is 0 Å². The minimum Gasteiger partial charge on any atom is -0.477 e. The summed E-state index contributed by atoms with van der Waals surface area (Å²) < 4.78 is 0. The third-order valence-corrected chi connectivity index (χ3v) is 3.36. The van der Waals surface area contributed by atoms with Crippen LogP contribution in [-0.4, -0.2) is 34.1 Å². The molecule has 1 saturated carbocycles. The number of aliphatic hydroxyl groups excluding tert-OH is 1. The second-order valence-electron chi connectivity index (χ2n) is 4.42. The lowest BCUT2D eigenvalue weighted by Crippen LogP contribution is -2.35. The summed E-state index contributed by atoms with van der Waals surface area (Å²) in [7, 11) is 0. The number of nitrogens with zero attached hydrogens (tertiary/aromatic N) is 1. The third kappa shape index (κ3) is 1.97. The highest BCUT2D eigenvalue weighted by molar-refractivity contribution is 6.36. The van der Waals surface area contributed by atoms with Gasteiger partial charge in [-0.05, 0) is 31.6 Å². The van der Waals surface area contributed by atoms with Crippen molar-refractivity contribution >= 4 is 11.7 Å². The Morgan fingerprint density at radius 2 is 2.20 bits per heavy atom. The van der Waals surface area contributed by atoms with Crippen LogP contribution in [0.2, 0.25) is 0 Å². The second-order valence-corrected chi connectivity index (χ2v) is 4.42. The Balaban J connectivity index is 1.94. The van der Waals surface area contributed by atoms with Gasteiger partial charge in [-0.25, -0.2) is 4.79 Å². The molecule has 2 N–H and O–H groups in total. The molecule has 0 atom stereocenters. The van der Waals surface area contributed by atoms with E-state index in [9.17, 15) is 4.79 Å². The zero-order chi connectivity index (χ0) is 10.9. The molecule has 1 fully saturated rings. The molecule has 15 heavy (non-hydrogen) atoms. The molecular formula is C10H15NO4. The van der Waals surface area contributed by atoms with E-state index in [1.54, 1.807) is 0 Å². The molecule has 1 heterocycles. The summed E-state index contributed by atoms with van der Waals surface area (Å²) in [5.41, 5.74) is -0.267. The molecule has 0 aromatic heterocycles. The van der Waals surface area contributed by atoms with Crippen LogP contribution in [0.5, 0.6) is 0 Å². The molecule has 84 valence electrons. The molecule has 5 nitrogen and oxygen atoms in total. The molecule has 0 radical (unpaired) electrons. The molecule has 0 bridgehead atoms. The molecule has 1 spiro atoms. The van der Waals surface area contributed by atoms with Gasteiger partial charge in [-0.15, -0.1) is 0 Å². The molecule has 0 aromatic carbocycles. The summed E-state index contributed by atoms with van der Waals surface area (Å²) in [5, 5.41) is 21.4. The molecule has 1 aliphatic heterocycles. The van der Waals surface area contributed by atoms with Crippen molar-refractivity contribution in [3.8, 4) is 0 Å². The Hall–Kier alpha value is -1.10. The van der Waals surface area contributed by atoms with Gasteiger partial charge >= 0.3 is 5.97 Å². The first kappa shape index (κ1) is 10.4. The molecular weight excluding hydrogens is 198 g/mol. The van der Waals surface area contributed by atoms with Crippen molar-refractivity contribution in [2.75, 3.05) is 6.61 Å². The molecule has 0 amide bonds. The van der Waals surface area contributed by atoms with E-state index in [-0.39, 0.29) is 17.9 Å². The van der Waals surface area contributed by atoms with Gasteiger partial charge < -0.3 is 15.1 Å². The first-order chi connectivity index (χ1) is 7.15. The van der Waals surface area contributed by atoms with E-state index in [0.717, 1.165) is 25.7 Å². The Morgan fingerprint density at radius 1 is 1.53 bits per heavy atom. The van der Waals surface area contributed by atoms with Crippen molar-refractivity contribution in [3.05, 3.63) is 0 Å². The van der Waals surface area contributed by atoms with Gasteiger partial charge in [-0.1, -0.05) is 5.16 Å². The summed E-state index contributed by atoms with van der Waals surface area (Å²) in [6.45, 7) is 0.211. The van der Waals surface area contributed by atoms with Gasteiger partial charge in [0.25, 0.3) is 0 Å². The van der Waals surface area contributed by atoms with Crippen molar-refractivity contribution in [2.24, 2.45) is 11.1 Å². The number of carboxylic acid groups (broad SMARTS) is 1. The monoisotopic (exact) mass is 213 g/mol. The highest BCUT2D eigenvalue weighted by Crippen LogP contribution is 2.40. The lowest BCUT2D eigenvalue weighted by Gasteiger charge is -2.33. The fourth-order valence-corrected chi connectivity index (χ4v) is 2.29. The minimum atomic E-state index is -0.990. The van der Waals surface area contributed by atoms with E-state index in [0.29, 0.717) is 12.3 Å². The standard InChI is InChI=1S/C10H15NO4/c12-6-7-1-3-10(4-2-7)5-8(9(13)14)11-15-10/h7,12H,1-6H2,(H,13,14). The largest absolute Gasteiger partial charge is 0.477 e. The van der Waals surface area contributed by atoms with Crippen LogP contribution < -0.4 is 0 Å². The van der Waals surface area contributed by atoms with E-state index in [4.69, 9.17) is 15.1 Å². The fraction of sp³-hybridized carbons (Fsp3) is 0.800. The SMILES string of the molecule is O=C(O)C1=NOC2(CCC(CO)CC2)C1. The average Bonchev–Trinajstić information content (AvgIpc) is 2.64. The van der Waals surface area contributed by atoms with Gasteiger partial charge in [-0.2, -0.15) is 0 Å². The van der Waals surface area contributed by atoms with Gasteiger partial charge in [0, 0.05) is 13.0 Å². The summed E-state index contributed by atoms with van der Waals surface area (Å²) in [6, 6.07) is 0. The molecule has 5 heteroatoms. The summed E-state index contributed by atoms with van der Waals surface area (Å²) >= 11 is 0. The normalized spacial score (nSPS) is 35.0. The first-order valence-corrected chi connectivity index (χ1v) is 5.24. The van der Waals surface area contributed by atoms with Crippen LogP contribution in [0.4, 0.5) is 0 Å². The van der Waals surface area contributed by atoms with E-state index < -0.39 is 5.97 Å². The third-order valence-electron chi connectivity index (χ3n) is 3.36. The van der Waals surface area contributed by atoms with Crippen molar-refractivity contribution in [1.29, 1.82) is 0 Å². The maximum Gasteiger partial charge on any atom is 0.353 e. The highest BCUT2D eigenvalue weighted by atomic mass is 16.7. The average molecular weight is 213 g/mol. The van der Waals surface area contributed by atoms with Crippen LogP contribution in [0.25, 0.3) is 0 Å². The Bertz CT molecular complexity index is 292. The van der Waals surface area contributed by atoms with E-state index >= 15 is 0 Å². The van der Waals surface area contributed by atoms with Gasteiger partial charge in [0.2, 0.25) is 0 Å². The van der Waals surface area contributed by atoms with Gasteiger partial charge in [0.05, 0.1) is 0 Å². The Labute approximate surface area is 87.7 Å². The predicted octanol–water partition coefficient (Wildman–Crippen LogP) is 0.769. The molecule has 1 aliphatic carbocycles. The molecule has 2 aliphatic rings. The number of aliphatic hydroxyl groups is 1. The van der Waals surface area contributed by atoms with Gasteiger partial charge in [0.15, 0.2) is 5.71 Å². The molecule has 2 rings (SSSR count). The maximum atomic E-state index is 10.7. The van der Waals surface area contributed by atoms with Crippen LogP contribution in [0.15, 0.2) is 5.16 Å². The van der Waals surface area contributed by atoms with Crippen molar-refractivity contribution in [3.63, 3.8) is 0 Å². The van der Waals surface area contributed by atoms with Crippen LogP contribution in [0.1, 0.15) is 32.1 Å². The fourth-order valence-electron chi connectivity index (χ4n) is 2.29. The number of hydrogen-bond donors (Lipinski definition) is 2. The van der Waals surface area contributed by atoms with Crippen molar-refractivity contribution in [1.82, 2.24) is 0 Å². The van der Waals surface area contributed by atoms with E-state index in [1.807, 2.05) is 0 Å². The quantitative estimate of drug-likeness (QED) is 0.710. The maximum absolute atomic E-state index is 10.7. The topological polar surface area (TPSA) is 79.1 Å². The number of aliphatic carboxylic acids is 1. The Kier molecular flexibility index (Phi) is 2.65.